The Balaban J connectivity index is 0.000000204. The van der Waals surface area contributed by atoms with E-state index < -0.39 is 19.2 Å². The van der Waals surface area contributed by atoms with Crippen molar-refractivity contribution in [3.05, 3.63) is 174 Å². The van der Waals surface area contributed by atoms with E-state index in [1.807, 2.05) is 56.6 Å². The van der Waals surface area contributed by atoms with Crippen LogP contribution in [0.5, 0.6) is 0 Å². The van der Waals surface area contributed by atoms with Crippen molar-refractivity contribution in [1.82, 2.24) is 19.5 Å². The quantitative estimate of drug-likeness (QED) is 0.127. The van der Waals surface area contributed by atoms with Crippen LogP contribution in [0, 0.1) is 19.1 Å². The number of imidazole rings is 1. The molecule has 62 heavy (non-hydrogen) atoms. The summed E-state index contributed by atoms with van der Waals surface area (Å²) in [6.45, 7) is 10.7. The zero-order chi connectivity index (χ0) is 43.1. The van der Waals surface area contributed by atoms with Crippen LogP contribution in [-0.2, 0) is 25.5 Å². The molecule has 1 aliphatic carbocycles. The van der Waals surface area contributed by atoms with Gasteiger partial charge in [0.15, 0.2) is 0 Å². The molecular formula is C55H48GeIrN4S-2. The molecule has 4 heterocycles. The van der Waals surface area contributed by atoms with Crippen LogP contribution >= 0.6 is 11.3 Å². The zero-order valence-corrected chi connectivity index (χ0v) is 41.6. The maximum Gasteiger partial charge on any atom is 0 e. The van der Waals surface area contributed by atoms with Crippen LogP contribution < -0.4 is 4.40 Å². The Morgan fingerprint density at radius 1 is 0.774 bits per heavy atom. The van der Waals surface area contributed by atoms with Gasteiger partial charge < -0.3 is 4.57 Å². The summed E-state index contributed by atoms with van der Waals surface area (Å²) in [6.07, 6.45) is 3.89. The third-order valence-electron chi connectivity index (χ3n) is 12.4. The van der Waals surface area contributed by atoms with Gasteiger partial charge in [0.2, 0.25) is 0 Å². The van der Waals surface area contributed by atoms with Crippen LogP contribution in [0.4, 0.5) is 0 Å². The van der Waals surface area contributed by atoms with Crippen LogP contribution in [0.3, 0.4) is 0 Å². The molecule has 309 valence electrons. The van der Waals surface area contributed by atoms with Crippen molar-refractivity contribution in [2.45, 2.75) is 63.2 Å². The minimum atomic E-state index is -1.78. The Labute approximate surface area is 386 Å². The Morgan fingerprint density at radius 3 is 2.32 bits per heavy atom. The van der Waals surface area contributed by atoms with Gasteiger partial charge in [0.05, 0.1) is 16.9 Å². The first-order valence-corrected chi connectivity index (χ1v) is 29.2. The van der Waals surface area contributed by atoms with Gasteiger partial charge in [-0.3, -0.25) is 4.98 Å². The van der Waals surface area contributed by atoms with E-state index in [9.17, 15) is 0 Å². The van der Waals surface area contributed by atoms with Crippen LogP contribution in [0.15, 0.2) is 140 Å². The minimum absolute atomic E-state index is 0. The fourth-order valence-corrected chi connectivity index (χ4v) is 12.3. The summed E-state index contributed by atoms with van der Waals surface area (Å²) >= 11 is -0.0608. The first kappa shape index (κ1) is 40.8. The molecule has 0 spiro atoms. The third-order valence-corrected chi connectivity index (χ3v) is 17.8. The molecule has 0 amide bonds. The van der Waals surface area contributed by atoms with Crippen molar-refractivity contribution in [2.24, 2.45) is 0 Å². The molecule has 0 atom stereocenters. The minimum Gasteiger partial charge on any atom is 0 e. The fourth-order valence-electron chi connectivity index (χ4n) is 8.96. The van der Waals surface area contributed by atoms with Gasteiger partial charge in [-0.2, -0.15) is 11.3 Å². The first-order chi connectivity index (χ1) is 29.7. The Bertz CT molecular complexity index is 3300. The average Bonchev–Trinajstić information content (AvgIpc) is 3.91. The molecule has 11 rings (SSSR count). The summed E-state index contributed by atoms with van der Waals surface area (Å²) in [6, 6.07) is 52.0. The molecule has 0 fully saturated rings. The van der Waals surface area contributed by atoms with Gasteiger partial charge in [-0.15, -0.1) is 18.2 Å². The molecular weight excluding hydrogens is 1010 g/mol. The predicted molar refractivity (Wildman–Crippen MR) is 261 cm³/mol. The molecule has 1 radical (unpaired) electrons. The maximum atomic E-state index is 8.02. The number of fused-ring (bicyclic) bond motifs is 9. The van der Waals surface area contributed by atoms with Crippen molar-refractivity contribution in [3.63, 3.8) is 0 Å². The average molecular weight is 1060 g/mol. The Morgan fingerprint density at radius 2 is 1.56 bits per heavy atom. The number of aromatic nitrogens is 4. The van der Waals surface area contributed by atoms with Gasteiger partial charge in [-0.1, -0.05) is 85.5 Å². The molecule has 4 aromatic heterocycles. The number of aryl methyl sites for hydroxylation is 1. The third kappa shape index (κ3) is 7.15. The summed E-state index contributed by atoms with van der Waals surface area (Å²) in [7, 11) is 0. The zero-order valence-electron chi connectivity index (χ0n) is 37.3. The number of benzene rings is 6. The van der Waals surface area contributed by atoms with Gasteiger partial charge in [0.1, 0.15) is 4.83 Å². The maximum absolute atomic E-state index is 8.02. The monoisotopic (exact) mass is 1060 g/mol. The van der Waals surface area contributed by atoms with Crippen molar-refractivity contribution in [2.75, 3.05) is 0 Å². The Kier molecular flexibility index (Phi) is 10.6. The van der Waals surface area contributed by atoms with Gasteiger partial charge >= 0.3 is 120 Å². The van der Waals surface area contributed by atoms with Gasteiger partial charge in [-0.25, -0.2) is 4.98 Å². The normalized spacial score (nSPS) is 13.4. The summed E-state index contributed by atoms with van der Waals surface area (Å²) in [5.41, 5.74) is 13.7. The molecule has 1 aliphatic rings. The van der Waals surface area contributed by atoms with Crippen molar-refractivity contribution >= 4 is 71.1 Å². The van der Waals surface area contributed by atoms with E-state index in [2.05, 4.69) is 162 Å². The predicted octanol–water partition coefficient (Wildman–Crippen LogP) is 14.2. The second-order valence-corrected chi connectivity index (χ2v) is 29.7. The second kappa shape index (κ2) is 16.1. The molecule has 6 aromatic carbocycles. The second-order valence-electron chi connectivity index (χ2n) is 18.0. The molecule has 10 aromatic rings. The largest absolute Gasteiger partial charge is 0 e. The van der Waals surface area contributed by atoms with Crippen molar-refractivity contribution in [3.8, 4) is 39.5 Å². The number of nitrogens with zero attached hydrogens (tertiary/aromatic N) is 4. The van der Waals surface area contributed by atoms with Crippen molar-refractivity contribution < 1.29 is 21.5 Å². The first-order valence-electron chi connectivity index (χ1n) is 21.5. The number of pyridine rings is 2. The van der Waals surface area contributed by atoms with Crippen molar-refractivity contribution in [1.29, 1.82) is 0 Å². The van der Waals surface area contributed by atoms with E-state index >= 15 is 0 Å². The molecule has 7 heteroatoms. The standard InChI is InChI=1S/C38H26N3S.C17H22GeN.Ir/c1-22-20-29-25-12-6-7-16-30(25)38(2,3)31(29)21-33(22)41-34-24-11-5-4-10-23(24)17-18-32(34)40-36(41)28-14-8-13-26-27-15-9-19-39-37(27)42-35(26)28;1-13(2)14-6-8-15(9-7-14)17-11-10-16(12-19-17)18(3,4)5;/h4-13,15-21H,1-3H3;6-8,10-13H,1-5H3;/q2*-1;/i;13D;. The van der Waals surface area contributed by atoms with E-state index in [4.69, 9.17) is 6.35 Å². The molecule has 0 aliphatic heterocycles. The SMILES string of the molecule is Cc1cc2c(cc1-n1c(-c3[c-]ccc4c3sc3ncccc34)nc3ccc4ccccc4c31)C(C)(C)c1ccccc1-2.[2H]C(C)(C)c1c[c-]c(-c2cc[c]([Ge]([CH3])([CH3])[CH3])cn2)cc1.[Ir]. The molecule has 0 saturated carbocycles. The Hall–Kier alpha value is -5.24. The number of hydrogen-bond donors (Lipinski definition) is 0. The fraction of sp³-hybridized carbons (Fsp3) is 0.182. The summed E-state index contributed by atoms with van der Waals surface area (Å²) in [4.78, 5) is 15.7. The number of thiophene rings is 1. The summed E-state index contributed by atoms with van der Waals surface area (Å²) in [5.74, 6) is 7.44. The van der Waals surface area contributed by atoms with Crippen LogP contribution in [0.1, 0.15) is 57.2 Å². The van der Waals surface area contributed by atoms with E-state index in [1.165, 1.54) is 58.5 Å². The van der Waals surface area contributed by atoms with Crippen LogP contribution in [-0.4, -0.2) is 32.8 Å². The smallest absolute Gasteiger partial charge is 0 e. The van der Waals surface area contributed by atoms with E-state index in [0.717, 1.165) is 49.8 Å². The summed E-state index contributed by atoms with van der Waals surface area (Å²) < 4.78 is 13.0. The van der Waals surface area contributed by atoms with Crippen LogP contribution in [0.25, 0.3) is 81.6 Å². The number of hydrogen-bond acceptors (Lipinski definition) is 4. The molecule has 0 N–H and O–H groups in total. The van der Waals surface area contributed by atoms with Gasteiger partial charge in [-0.05, 0) is 74.5 Å². The summed E-state index contributed by atoms with van der Waals surface area (Å²) in [5, 5.41) is 4.77. The molecule has 0 unspecified atom stereocenters. The topological polar surface area (TPSA) is 43.6 Å². The molecule has 0 saturated heterocycles. The van der Waals surface area contributed by atoms with E-state index in [-0.39, 0.29) is 25.5 Å². The van der Waals surface area contributed by atoms with Gasteiger partial charge in [0.25, 0.3) is 0 Å². The molecule has 4 nitrogen and oxygen atoms in total. The van der Waals surface area contributed by atoms with E-state index in [0.29, 0.717) is 0 Å². The molecule has 0 bridgehead atoms. The van der Waals surface area contributed by atoms with Gasteiger partial charge in [0, 0.05) is 42.8 Å². The van der Waals surface area contributed by atoms with Crippen LogP contribution in [0.2, 0.25) is 17.3 Å². The van der Waals surface area contributed by atoms with E-state index in [1.54, 1.807) is 11.3 Å². The number of rotatable bonds is 5.